The number of benzene rings is 2. The third-order valence-corrected chi connectivity index (χ3v) is 5.56. The summed E-state index contributed by atoms with van der Waals surface area (Å²) in [6.07, 6.45) is 1.01. The number of hydrogen-bond acceptors (Lipinski definition) is 4. The van der Waals surface area contributed by atoms with Crippen molar-refractivity contribution in [1.29, 1.82) is 0 Å². The number of thiazole rings is 1. The van der Waals surface area contributed by atoms with E-state index in [9.17, 15) is 4.79 Å². The van der Waals surface area contributed by atoms with E-state index >= 15 is 0 Å². The van der Waals surface area contributed by atoms with Crippen LogP contribution in [0.4, 0.5) is 5.13 Å². The van der Waals surface area contributed by atoms with Gasteiger partial charge in [-0.15, -0.1) is 11.3 Å². The van der Waals surface area contributed by atoms with Crippen molar-refractivity contribution in [2.24, 2.45) is 0 Å². The molecule has 6 heteroatoms. The Morgan fingerprint density at radius 1 is 1.21 bits per heavy atom. The first-order valence-electron chi connectivity index (χ1n) is 9.67. The molecule has 3 rings (SSSR count). The lowest BCUT2D eigenvalue weighted by Gasteiger charge is -2.09. The Hall–Kier alpha value is -2.37. The minimum Gasteiger partial charge on any atom is -0.493 e. The van der Waals surface area contributed by atoms with E-state index in [1.165, 1.54) is 16.9 Å². The molecule has 1 heterocycles. The van der Waals surface area contributed by atoms with Crippen LogP contribution in [0.1, 0.15) is 43.7 Å². The van der Waals surface area contributed by atoms with E-state index < -0.39 is 0 Å². The molecule has 4 nitrogen and oxygen atoms in total. The van der Waals surface area contributed by atoms with Gasteiger partial charge in [-0.25, -0.2) is 4.98 Å². The van der Waals surface area contributed by atoms with Crippen LogP contribution in [-0.2, 0) is 4.79 Å². The SMILES string of the molecule is Cc1cc(Cl)ccc1OCCCC(=O)Nc1nc(-c2ccc(C(C)C)cc2)cs1. The maximum atomic E-state index is 12.2. The van der Waals surface area contributed by atoms with E-state index in [-0.39, 0.29) is 5.91 Å². The standard InChI is InChI=1S/C23H25ClN2O2S/c1-15(2)17-6-8-18(9-7-17)20-14-29-23(25-20)26-22(27)5-4-12-28-21-11-10-19(24)13-16(21)3/h6-11,13-15H,4-5,12H2,1-3H3,(H,25,26,27). The van der Waals surface area contributed by atoms with Gasteiger partial charge in [0, 0.05) is 22.4 Å². The summed E-state index contributed by atoms with van der Waals surface area (Å²) in [7, 11) is 0. The van der Waals surface area contributed by atoms with Crippen LogP contribution in [0.15, 0.2) is 47.8 Å². The van der Waals surface area contributed by atoms with E-state index in [1.807, 2.05) is 24.4 Å². The van der Waals surface area contributed by atoms with Gasteiger partial charge in [-0.05, 0) is 48.6 Å². The van der Waals surface area contributed by atoms with E-state index in [0.717, 1.165) is 22.6 Å². The fourth-order valence-electron chi connectivity index (χ4n) is 2.87. The Morgan fingerprint density at radius 3 is 2.66 bits per heavy atom. The summed E-state index contributed by atoms with van der Waals surface area (Å²) in [6, 6.07) is 13.9. The average molecular weight is 429 g/mol. The molecular weight excluding hydrogens is 404 g/mol. The van der Waals surface area contributed by atoms with Crippen molar-refractivity contribution in [3.05, 3.63) is 64.0 Å². The van der Waals surface area contributed by atoms with E-state index in [1.54, 1.807) is 6.07 Å². The number of nitrogens with one attached hydrogen (secondary N) is 1. The second-order valence-electron chi connectivity index (χ2n) is 7.22. The third-order valence-electron chi connectivity index (χ3n) is 4.57. The van der Waals surface area contributed by atoms with Gasteiger partial charge < -0.3 is 10.1 Å². The quantitative estimate of drug-likeness (QED) is 0.406. The van der Waals surface area contributed by atoms with E-state index in [4.69, 9.17) is 16.3 Å². The molecule has 0 bridgehead atoms. The number of aryl methyl sites for hydroxylation is 1. The number of carbonyl (C=O) groups is 1. The summed E-state index contributed by atoms with van der Waals surface area (Å²) in [5.41, 5.74) is 4.22. The first-order chi connectivity index (χ1) is 13.9. The molecule has 0 aliphatic heterocycles. The normalized spacial score (nSPS) is 10.9. The van der Waals surface area contributed by atoms with Crippen molar-refractivity contribution >= 4 is 34.0 Å². The number of rotatable bonds is 8. The fourth-order valence-corrected chi connectivity index (χ4v) is 3.84. The molecule has 29 heavy (non-hydrogen) atoms. The van der Waals surface area contributed by atoms with Crippen LogP contribution in [0.25, 0.3) is 11.3 Å². The molecule has 0 spiro atoms. The number of amides is 1. The Bertz CT molecular complexity index is 967. The number of aromatic nitrogens is 1. The van der Waals surface area contributed by atoms with Gasteiger partial charge in [0.15, 0.2) is 5.13 Å². The smallest absolute Gasteiger partial charge is 0.226 e. The fraction of sp³-hybridized carbons (Fsp3) is 0.304. The van der Waals surface area contributed by atoms with Crippen molar-refractivity contribution in [2.75, 3.05) is 11.9 Å². The van der Waals surface area contributed by atoms with Gasteiger partial charge >= 0.3 is 0 Å². The van der Waals surface area contributed by atoms with Crippen molar-refractivity contribution in [3.8, 4) is 17.0 Å². The summed E-state index contributed by atoms with van der Waals surface area (Å²) in [5.74, 6) is 1.24. The molecule has 2 aromatic carbocycles. The maximum Gasteiger partial charge on any atom is 0.226 e. The zero-order chi connectivity index (χ0) is 20.8. The maximum absolute atomic E-state index is 12.2. The highest BCUT2D eigenvalue weighted by Crippen LogP contribution is 2.27. The molecule has 0 aliphatic rings. The number of anilines is 1. The Balaban J connectivity index is 1.46. The number of hydrogen-bond donors (Lipinski definition) is 1. The molecule has 0 saturated carbocycles. The monoisotopic (exact) mass is 428 g/mol. The number of halogens is 1. The van der Waals surface area contributed by atoms with Crippen LogP contribution in [0, 0.1) is 6.92 Å². The van der Waals surface area contributed by atoms with Crippen LogP contribution in [-0.4, -0.2) is 17.5 Å². The van der Waals surface area contributed by atoms with Gasteiger partial charge in [0.25, 0.3) is 0 Å². The molecule has 0 atom stereocenters. The van der Waals surface area contributed by atoms with Crippen molar-refractivity contribution in [2.45, 2.75) is 39.5 Å². The predicted molar refractivity (Wildman–Crippen MR) is 121 cm³/mol. The van der Waals surface area contributed by atoms with Crippen LogP contribution >= 0.6 is 22.9 Å². The highest BCUT2D eigenvalue weighted by molar-refractivity contribution is 7.14. The Morgan fingerprint density at radius 2 is 1.97 bits per heavy atom. The van der Waals surface area contributed by atoms with Crippen molar-refractivity contribution in [1.82, 2.24) is 4.98 Å². The third kappa shape index (κ3) is 6.05. The zero-order valence-corrected chi connectivity index (χ0v) is 18.4. The van der Waals surface area contributed by atoms with Crippen LogP contribution < -0.4 is 10.1 Å². The van der Waals surface area contributed by atoms with Gasteiger partial charge in [0.1, 0.15) is 5.75 Å². The first-order valence-corrected chi connectivity index (χ1v) is 10.9. The van der Waals surface area contributed by atoms with Gasteiger partial charge in [-0.3, -0.25) is 4.79 Å². The first kappa shape index (κ1) is 21.3. The van der Waals surface area contributed by atoms with Crippen LogP contribution in [0.3, 0.4) is 0 Å². The molecular formula is C23H25ClN2O2S. The lowest BCUT2D eigenvalue weighted by atomic mass is 10.0. The molecule has 0 fully saturated rings. The van der Waals surface area contributed by atoms with E-state index in [2.05, 4.69) is 48.4 Å². The van der Waals surface area contributed by atoms with Crippen molar-refractivity contribution in [3.63, 3.8) is 0 Å². The molecule has 1 aromatic heterocycles. The zero-order valence-electron chi connectivity index (χ0n) is 16.9. The highest BCUT2D eigenvalue weighted by Gasteiger charge is 2.09. The van der Waals surface area contributed by atoms with Gasteiger partial charge in [-0.1, -0.05) is 49.7 Å². The molecule has 1 N–H and O–H groups in total. The second kappa shape index (κ2) is 9.90. The lowest BCUT2D eigenvalue weighted by Crippen LogP contribution is -2.12. The predicted octanol–water partition coefficient (Wildman–Crippen LogP) is 6.69. The summed E-state index contributed by atoms with van der Waals surface area (Å²) < 4.78 is 5.73. The summed E-state index contributed by atoms with van der Waals surface area (Å²) in [6.45, 7) is 6.77. The lowest BCUT2D eigenvalue weighted by molar-refractivity contribution is -0.116. The number of ether oxygens (including phenoxy) is 1. The van der Waals surface area contributed by atoms with Crippen LogP contribution in [0.5, 0.6) is 5.75 Å². The van der Waals surface area contributed by atoms with Gasteiger partial charge in [0.05, 0.1) is 12.3 Å². The molecule has 0 radical (unpaired) electrons. The highest BCUT2D eigenvalue weighted by atomic mass is 35.5. The van der Waals surface area contributed by atoms with Crippen LogP contribution in [0.2, 0.25) is 5.02 Å². The summed E-state index contributed by atoms with van der Waals surface area (Å²) in [4.78, 5) is 16.7. The van der Waals surface area contributed by atoms with E-state index in [0.29, 0.717) is 35.5 Å². The Kier molecular flexibility index (Phi) is 7.29. The molecule has 0 aliphatic carbocycles. The molecule has 152 valence electrons. The second-order valence-corrected chi connectivity index (χ2v) is 8.52. The molecule has 1 amide bonds. The van der Waals surface area contributed by atoms with Gasteiger partial charge in [-0.2, -0.15) is 0 Å². The van der Waals surface area contributed by atoms with Gasteiger partial charge in [0.2, 0.25) is 5.91 Å². The minimum absolute atomic E-state index is 0.0579. The summed E-state index contributed by atoms with van der Waals surface area (Å²) >= 11 is 7.38. The van der Waals surface area contributed by atoms with Crippen molar-refractivity contribution < 1.29 is 9.53 Å². The number of nitrogens with zero attached hydrogens (tertiary/aromatic N) is 1. The largest absolute Gasteiger partial charge is 0.493 e. The molecule has 0 saturated heterocycles. The topological polar surface area (TPSA) is 51.2 Å². The molecule has 3 aromatic rings. The Labute approximate surface area is 180 Å². The summed E-state index contributed by atoms with van der Waals surface area (Å²) in [5, 5.41) is 6.15. The number of carbonyl (C=O) groups excluding carboxylic acids is 1. The average Bonchev–Trinajstić information content (AvgIpc) is 3.15. The minimum atomic E-state index is -0.0579. The molecule has 0 unspecified atom stereocenters.